The van der Waals surface area contributed by atoms with Crippen LogP contribution in [0.5, 0.6) is 0 Å². The zero-order chi connectivity index (χ0) is 13.1. The number of halogens is 1. The molecule has 5 heteroatoms. The van der Waals surface area contributed by atoms with E-state index in [1.54, 1.807) is 20.8 Å². The highest BCUT2D eigenvalue weighted by Crippen LogP contribution is 2.29. The maximum Gasteiger partial charge on any atom is 0.156 e. The largest absolute Gasteiger partial charge is 0.315 e. The molecule has 0 saturated heterocycles. The summed E-state index contributed by atoms with van der Waals surface area (Å²) in [5, 5.41) is 3.49. The quantitative estimate of drug-likeness (QED) is 0.621. The van der Waals surface area contributed by atoms with Gasteiger partial charge < -0.3 is 5.32 Å². The third-order valence-electron chi connectivity index (χ3n) is 3.45. The maximum absolute atomic E-state index is 11.8. The Bertz CT molecular complexity index is 335. The zero-order valence-electron chi connectivity index (χ0n) is 11.0. The molecule has 1 aliphatic rings. The summed E-state index contributed by atoms with van der Waals surface area (Å²) < 4.78 is 23.0. The Hall–Kier alpha value is 0.200. The normalized spacial score (nSPS) is 26.4. The third kappa shape index (κ3) is 4.42. The average Bonchev–Trinajstić information content (AvgIpc) is 2.57. The van der Waals surface area contributed by atoms with Crippen molar-refractivity contribution in [2.75, 3.05) is 18.8 Å². The van der Waals surface area contributed by atoms with E-state index in [2.05, 4.69) is 5.32 Å². The summed E-state index contributed by atoms with van der Waals surface area (Å²) in [6.07, 6.45) is 3.45. The summed E-state index contributed by atoms with van der Waals surface area (Å²) in [5.74, 6) is 0.713. The van der Waals surface area contributed by atoms with Crippen LogP contribution in [0.3, 0.4) is 0 Å². The highest BCUT2D eigenvalue weighted by molar-refractivity contribution is 7.92. The molecule has 17 heavy (non-hydrogen) atoms. The van der Waals surface area contributed by atoms with Crippen molar-refractivity contribution in [1.82, 2.24) is 5.32 Å². The van der Waals surface area contributed by atoms with E-state index in [4.69, 9.17) is 11.6 Å². The molecule has 0 heterocycles. The lowest BCUT2D eigenvalue weighted by molar-refractivity contribution is 0.499. The van der Waals surface area contributed by atoms with Gasteiger partial charge in [-0.05, 0) is 46.1 Å². The van der Waals surface area contributed by atoms with Crippen molar-refractivity contribution in [3.8, 4) is 0 Å². The SMILES string of the molecule is CC(C)(C)S(=O)(=O)CCNCC1CCCC1Cl. The second-order valence-electron chi connectivity index (χ2n) is 5.84. The molecule has 0 aromatic rings. The van der Waals surface area contributed by atoms with E-state index < -0.39 is 14.6 Å². The van der Waals surface area contributed by atoms with Gasteiger partial charge in [-0.25, -0.2) is 8.42 Å². The Balaban J connectivity index is 2.25. The molecule has 102 valence electrons. The molecule has 3 nitrogen and oxygen atoms in total. The van der Waals surface area contributed by atoms with Crippen LogP contribution < -0.4 is 5.32 Å². The summed E-state index contributed by atoms with van der Waals surface area (Å²) in [7, 11) is -3.00. The van der Waals surface area contributed by atoms with Gasteiger partial charge in [0.05, 0.1) is 10.5 Å². The first-order chi connectivity index (χ1) is 7.74. The summed E-state index contributed by atoms with van der Waals surface area (Å²) in [4.78, 5) is 0. The molecule has 0 aromatic heterocycles. The minimum Gasteiger partial charge on any atom is -0.315 e. The first-order valence-electron chi connectivity index (χ1n) is 6.31. The lowest BCUT2D eigenvalue weighted by atomic mass is 10.1. The van der Waals surface area contributed by atoms with Crippen LogP contribution in [0.2, 0.25) is 0 Å². The van der Waals surface area contributed by atoms with Crippen LogP contribution in [0.4, 0.5) is 0 Å². The van der Waals surface area contributed by atoms with Crippen LogP contribution in [-0.2, 0) is 9.84 Å². The molecule has 0 spiro atoms. The van der Waals surface area contributed by atoms with E-state index in [-0.39, 0.29) is 11.1 Å². The van der Waals surface area contributed by atoms with Crippen LogP contribution in [0, 0.1) is 5.92 Å². The monoisotopic (exact) mass is 281 g/mol. The van der Waals surface area contributed by atoms with Crippen LogP contribution in [0.15, 0.2) is 0 Å². The van der Waals surface area contributed by atoms with Crippen molar-refractivity contribution in [3.63, 3.8) is 0 Å². The molecular weight excluding hydrogens is 258 g/mol. The Morgan fingerprint density at radius 2 is 1.94 bits per heavy atom. The van der Waals surface area contributed by atoms with Gasteiger partial charge >= 0.3 is 0 Å². The van der Waals surface area contributed by atoms with E-state index in [0.29, 0.717) is 12.5 Å². The predicted octanol–water partition coefficient (Wildman–Crippen LogP) is 2.20. The average molecular weight is 282 g/mol. The van der Waals surface area contributed by atoms with Crippen molar-refractivity contribution < 1.29 is 8.42 Å². The second-order valence-corrected chi connectivity index (χ2v) is 9.27. The fourth-order valence-electron chi connectivity index (χ4n) is 2.02. The minimum absolute atomic E-state index is 0.205. The second kappa shape index (κ2) is 5.89. The fraction of sp³-hybridized carbons (Fsp3) is 1.00. The molecule has 0 radical (unpaired) electrons. The summed E-state index contributed by atoms with van der Waals surface area (Å²) in [5.41, 5.74) is 0. The number of nitrogens with one attached hydrogen (secondary N) is 1. The molecule has 0 aromatic carbocycles. The molecule has 2 atom stereocenters. The summed E-state index contributed by atoms with van der Waals surface area (Å²) >= 11 is 6.16. The fourth-order valence-corrected chi connectivity index (χ4v) is 3.42. The Morgan fingerprint density at radius 1 is 1.29 bits per heavy atom. The van der Waals surface area contributed by atoms with Crippen LogP contribution >= 0.6 is 11.6 Å². The molecule has 1 saturated carbocycles. The molecule has 0 bridgehead atoms. The number of hydrogen-bond acceptors (Lipinski definition) is 3. The molecule has 1 N–H and O–H groups in total. The standard InChI is InChI=1S/C12H24ClNO2S/c1-12(2,3)17(15,16)8-7-14-9-10-5-4-6-11(10)13/h10-11,14H,4-9H2,1-3H3. The number of alkyl halides is 1. The highest BCUT2D eigenvalue weighted by Gasteiger charge is 2.29. The lowest BCUT2D eigenvalue weighted by Crippen LogP contribution is -2.36. The van der Waals surface area contributed by atoms with E-state index in [1.165, 1.54) is 6.42 Å². The van der Waals surface area contributed by atoms with Gasteiger partial charge in [0.1, 0.15) is 0 Å². The van der Waals surface area contributed by atoms with Crippen LogP contribution in [0.1, 0.15) is 40.0 Å². The molecule has 1 rings (SSSR count). The Labute approximate surface area is 110 Å². The predicted molar refractivity (Wildman–Crippen MR) is 73.4 cm³/mol. The van der Waals surface area contributed by atoms with Gasteiger partial charge in [0, 0.05) is 11.9 Å². The van der Waals surface area contributed by atoms with Crippen LogP contribution in [-0.4, -0.2) is 37.4 Å². The van der Waals surface area contributed by atoms with Crippen molar-refractivity contribution >= 4 is 21.4 Å². The van der Waals surface area contributed by atoms with E-state index >= 15 is 0 Å². The van der Waals surface area contributed by atoms with Gasteiger partial charge in [-0.2, -0.15) is 0 Å². The molecular formula is C12H24ClNO2S. The molecule has 0 aliphatic heterocycles. The van der Waals surface area contributed by atoms with E-state index in [1.807, 2.05) is 0 Å². The van der Waals surface area contributed by atoms with Crippen molar-refractivity contribution in [2.24, 2.45) is 5.92 Å². The molecule has 0 amide bonds. The van der Waals surface area contributed by atoms with Gasteiger partial charge in [-0.1, -0.05) is 6.42 Å². The molecule has 2 unspecified atom stereocenters. The van der Waals surface area contributed by atoms with Gasteiger partial charge in [-0.15, -0.1) is 11.6 Å². The smallest absolute Gasteiger partial charge is 0.156 e. The highest BCUT2D eigenvalue weighted by atomic mass is 35.5. The number of rotatable bonds is 5. The third-order valence-corrected chi connectivity index (χ3v) is 6.64. The van der Waals surface area contributed by atoms with Gasteiger partial charge in [-0.3, -0.25) is 0 Å². The minimum atomic E-state index is -3.00. The van der Waals surface area contributed by atoms with Crippen molar-refractivity contribution in [3.05, 3.63) is 0 Å². The topological polar surface area (TPSA) is 46.2 Å². The van der Waals surface area contributed by atoms with Crippen molar-refractivity contribution in [1.29, 1.82) is 0 Å². The number of hydrogen-bond donors (Lipinski definition) is 1. The number of sulfone groups is 1. The van der Waals surface area contributed by atoms with Crippen molar-refractivity contribution in [2.45, 2.75) is 50.2 Å². The lowest BCUT2D eigenvalue weighted by Gasteiger charge is -2.20. The molecule has 1 fully saturated rings. The summed E-state index contributed by atoms with van der Waals surface area (Å²) in [6.45, 7) is 6.60. The van der Waals surface area contributed by atoms with Gasteiger partial charge in [0.25, 0.3) is 0 Å². The van der Waals surface area contributed by atoms with Gasteiger partial charge in [0.15, 0.2) is 9.84 Å². The first-order valence-corrected chi connectivity index (χ1v) is 8.40. The summed E-state index contributed by atoms with van der Waals surface area (Å²) in [6, 6.07) is 0. The van der Waals surface area contributed by atoms with Crippen LogP contribution in [0.25, 0.3) is 0 Å². The van der Waals surface area contributed by atoms with Gasteiger partial charge in [0.2, 0.25) is 0 Å². The Morgan fingerprint density at radius 3 is 2.41 bits per heavy atom. The first kappa shape index (κ1) is 15.3. The maximum atomic E-state index is 11.8. The van der Waals surface area contributed by atoms with E-state index in [0.717, 1.165) is 19.4 Å². The van der Waals surface area contributed by atoms with E-state index in [9.17, 15) is 8.42 Å². The Kier molecular flexibility index (Phi) is 5.29. The zero-order valence-corrected chi connectivity index (χ0v) is 12.6. The molecule has 1 aliphatic carbocycles.